The van der Waals surface area contributed by atoms with Gasteiger partial charge in [-0.2, -0.15) is 0 Å². The number of nitrogens with one attached hydrogen (secondary N) is 2. The number of amides is 1. The monoisotopic (exact) mass is 369 g/mol. The highest BCUT2D eigenvalue weighted by Gasteiger charge is 2.16. The van der Waals surface area contributed by atoms with Crippen molar-refractivity contribution in [1.29, 1.82) is 0 Å². The highest BCUT2D eigenvalue weighted by molar-refractivity contribution is 6.09. The third-order valence-corrected chi connectivity index (χ3v) is 4.42. The van der Waals surface area contributed by atoms with Crippen LogP contribution in [0.25, 0.3) is 0 Å². The Bertz CT molecular complexity index is 799. The van der Waals surface area contributed by atoms with E-state index in [0.29, 0.717) is 12.5 Å². The number of aliphatic imine (C=N–C) groups is 1. The average Bonchev–Trinajstić information content (AvgIpc) is 3.20. The van der Waals surface area contributed by atoms with E-state index in [1.807, 2.05) is 24.3 Å². The van der Waals surface area contributed by atoms with E-state index in [1.54, 1.807) is 6.07 Å². The van der Waals surface area contributed by atoms with E-state index >= 15 is 0 Å². The predicted octanol–water partition coefficient (Wildman–Crippen LogP) is 3.77. The van der Waals surface area contributed by atoms with Gasteiger partial charge in [0.25, 0.3) is 5.91 Å². The van der Waals surface area contributed by atoms with Gasteiger partial charge in [-0.05, 0) is 55.2 Å². The zero-order chi connectivity index (χ0) is 19.1. The first kappa shape index (κ1) is 19.0. The molecule has 2 N–H and O–H groups in total. The molecule has 0 bridgehead atoms. The van der Waals surface area contributed by atoms with Crippen molar-refractivity contribution in [2.75, 3.05) is 18.5 Å². The highest BCUT2D eigenvalue weighted by Crippen LogP contribution is 2.13. The lowest BCUT2D eigenvalue weighted by Gasteiger charge is -2.14. The second-order valence-corrected chi connectivity index (χ2v) is 6.46. The molecule has 2 aromatic carbocycles. The molecule has 1 aliphatic rings. The molecule has 3 rings (SSSR count). The second-order valence-electron chi connectivity index (χ2n) is 6.46. The topological polar surface area (TPSA) is 62.7 Å². The molecule has 0 saturated carbocycles. The van der Waals surface area contributed by atoms with Crippen molar-refractivity contribution in [2.24, 2.45) is 4.99 Å². The molecule has 1 atom stereocenters. The molecular weight excluding hydrogens is 345 g/mol. The van der Waals surface area contributed by atoms with Crippen LogP contribution in [0.5, 0.6) is 0 Å². The van der Waals surface area contributed by atoms with Crippen molar-refractivity contribution in [2.45, 2.75) is 32.3 Å². The number of guanidine groups is 1. The molecule has 0 aliphatic carbocycles. The number of benzene rings is 2. The van der Waals surface area contributed by atoms with Crippen molar-refractivity contribution < 1.29 is 13.9 Å². The van der Waals surface area contributed by atoms with Gasteiger partial charge in [-0.1, -0.05) is 25.1 Å². The third kappa shape index (κ3) is 5.62. The number of rotatable bonds is 5. The molecule has 0 radical (unpaired) electrons. The van der Waals surface area contributed by atoms with Crippen LogP contribution >= 0.6 is 0 Å². The lowest BCUT2D eigenvalue weighted by Crippen LogP contribution is -2.36. The van der Waals surface area contributed by atoms with Gasteiger partial charge in [-0.25, -0.2) is 9.38 Å². The normalized spacial score (nSPS) is 17.0. The summed E-state index contributed by atoms with van der Waals surface area (Å²) in [4.78, 5) is 17.0. The molecule has 0 unspecified atom stereocenters. The first-order valence-corrected chi connectivity index (χ1v) is 9.23. The number of ether oxygens (including phenoxy) is 1. The van der Waals surface area contributed by atoms with Crippen LogP contribution in [-0.4, -0.2) is 31.1 Å². The van der Waals surface area contributed by atoms with E-state index in [0.717, 1.165) is 31.6 Å². The summed E-state index contributed by atoms with van der Waals surface area (Å²) in [6.07, 6.45) is 3.00. The van der Waals surface area contributed by atoms with Crippen molar-refractivity contribution in [3.05, 3.63) is 65.5 Å². The van der Waals surface area contributed by atoms with Crippen LogP contribution in [0.2, 0.25) is 0 Å². The van der Waals surface area contributed by atoms with E-state index in [2.05, 4.69) is 22.5 Å². The summed E-state index contributed by atoms with van der Waals surface area (Å²) in [7, 11) is 0. The summed E-state index contributed by atoms with van der Waals surface area (Å²) in [5, 5.41) is 5.88. The number of halogens is 1. The van der Waals surface area contributed by atoms with Crippen LogP contribution in [0.1, 0.15) is 35.7 Å². The minimum atomic E-state index is -0.455. The van der Waals surface area contributed by atoms with Crippen molar-refractivity contribution in [3.63, 3.8) is 0 Å². The standard InChI is InChI=1S/C21H24FN3O2/c1-2-15-8-10-18(11-9-15)24-21(23-14-19-7-4-12-27-19)25-20(26)16-5-3-6-17(22)13-16/h3,5-6,8-11,13,19H,2,4,7,12,14H2,1H3,(H2,23,24,25,26)/t19-/m1/s1. The molecule has 142 valence electrons. The Labute approximate surface area is 158 Å². The quantitative estimate of drug-likeness (QED) is 0.623. The zero-order valence-corrected chi connectivity index (χ0v) is 15.4. The Morgan fingerprint density at radius 1 is 1.26 bits per heavy atom. The van der Waals surface area contributed by atoms with Gasteiger partial charge < -0.3 is 10.1 Å². The molecule has 27 heavy (non-hydrogen) atoms. The van der Waals surface area contributed by atoms with E-state index in [1.165, 1.54) is 23.8 Å². The Hall–Kier alpha value is -2.73. The number of hydrogen-bond acceptors (Lipinski definition) is 3. The number of carbonyl (C=O) groups is 1. The SMILES string of the molecule is CCc1ccc(NC(=NC[C@H]2CCCO2)NC(=O)c2cccc(F)c2)cc1. The van der Waals surface area contributed by atoms with Crippen LogP contribution < -0.4 is 10.6 Å². The third-order valence-electron chi connectivity index (χ3n) is 4.42. The zero-order valence-electron chi connectivity index (χ0n) is 15.4. The van der Waals surface area contributed by atoms with Crippen LogP contribution in [-0.2, 0) is 11.2 Å². The van der Waals surface area contributed by atoms with E-state index in [9.17, 15) is 9.18 Å². The maximum atomic E-state index is 13.4. The van der Waals surface area contributed by atoms with Crippen molar-refractivity contribution >= 4 is 17.6 Å². The number of aryl methyl sites for hydroxylation is 1. The minimum Gasteiger partial charge on any atom is -0.376 e. The lowest BCUT2D eigenvalue weighted by molar-refractivity contribution is 0.0975. The molecule has 0 spiro atoms. The molecule has 1 aliphatic heterocycles. The summed E-state index contributed by atoms with van der Waals surface area (Å²) in [5.74, 6) is -0.550. The lowest BCUT2D eigenvalue weighted by atomic mass is 10.1. The summed E-state index contributed by atoms with van der Waals surface area (Å²) >= 11 is 0. The second kappa shape index (κ2) is 9.28. The Balaban J connectivity index is 1.73. The maximum absolute atomic E-state index is 13.4. The molecule has 0 aromatic heterocycles. The number of nitrogens with zero attached hydrogens (tertiary/aromatic N) is 1. The molecule has 1 amide bonds. The summed E-state index contributed by atoms with van der Waals surface area (Å²) < 4.78 is 19.0. The smallest absolute Gasteiger partial charge is 0.258 e. The van der Waals surface area contributed by atoms with Crippen LogP contribution in [0.3, 0.4) is 0 Å². The summed E-state index contributed by atoms with van der Waals surface area (Å²) in [6.45, 7) is 3.30. The molecule has 1 heterocycles. The number of carbonyl (C=O) groups excluding carboxylic acids is 1. The first-order chi connectivity index (χ1) is 13.1. The van der Waals surface area contributed by atoms with Gasteiger partial charge in [0.2, 0.25) is 5.96 Å². The fourth-order valence-electron chi connectivity index (χ4n) is 2.86. The molecule has 1 fully saturated rings. The molecule has 2 aromatic rings. The van der Waals surface area contributed by atoms with Gasteiger partial charge in [0.05, 0.1) is 12.6 Å². The van der Waals surface area contributed by atoms with Gasteiger partial charge in [-0.15, -0.1) is 0 Å². The summed E-state index contributed by atoms with van der Waals surface area (Å²) in [5.41, 5.74) is 2.28. The molecular formula is C21H24FN3O2. The highest BCUT2D eigenvalue weighted by atomic mass is 19.1. The fraction of sp³-hybridized carbons (Fsp3) is 0.333. The molecule has 1 saturated heterocycles. The van der Waals surface area contributed by atoms with Crippen LogP contribution in [0, 0.1) is 5.82 Å². The van der Waals surface area contributed by atoms with Crippen LogP contribution in [0.15, 0.2) is 53.5 Å². The first-order valence-electron chi connectivity index (χ1n) is 9.23. The van der Waals surface area contributed by atoms with Gasteiger partial charge in [0, 0.05) is 17.9 Å². The number of anilines is 1. The van der Waals surface area contributed by atoms with Crippen LogP contribution in [0.4, 0.5) is 10.1 Å². The van der Waals surface area contributed by atoms with Gasteiger partial charge in [0.1, 0.15) is 5.82 Å². The predicted molar refractivity (Wildman–Crippen MR) is 105 cm³/mol. The Morgan fingerprint density at radius 3 is 2.74 bits per heavy atom. The average molecular weight is 369 g/mol. The largest absolute Gasteiger partial charge is 0.376 e. The van der Waals surface area contributed by atoms with Gasteiger partial charge in [0.15, 0.2) is 0 Å². The van der Waals surface area contributed by atoms with E-state index < -0.39 is 11.7 Å². The van der Waals surface area contributed by atoms with Gasteiger partial charge >= 0.3 is 0 Å². The van der Waals surface area contributed by atoms with Crippen molar-refractivity contribution in [3.8, 4) is 0 Å². The maximum Gasteiger partial charge on any atom is 0.258 e. The molecule has 5 nitrogen and oxygen atoms in total. The minimum absolute atomic E-state index is 0.0651. The van der Waals surface area contributed by atoms with Gasteiger partial charge in [-0.3, -0.25) is 10.1 Å². The van der Waals surface area contributed by atoms with E-state index in [-0.39, 0.29) is 11.7 Å². The summed E-state index contributed by atoms with van der Waals surface area (Å²) in [6, 6.07) is 13.5. The van der Waals surface area contributed by atoms with Crippen molar-refractivity contribution in [1.82, 2.24) is 5.32 Å². The molecule has 6 heteroatoms. The Morgan fingerprint density at radius 2 is 2.07 bits per heavy atom. The Kier molecular flexibility index (Phi) is 6.54. The van der Waals surface area contributed by atoms with E-state index in [4.69, 9.17) is 4.74 Å². The number of hydrogen-bond donors (Lipinski definition) is 2. The fourth-order valence-corrected chi connectivity index (χ4v) is 2.86.